The number of benzene rings is 1. The number of carbonyl (C=O) groups is 1. The quantitative estimate of drug-likeness (QED) is 0.456. The zero-order valence-electron chi connectivity index (χ0n) is 19.3. The van der Waals surface area contributed by atoms with Gasteiger partial charge >= 0.3 is 0 Å². The molecule has 1 aromatic heterocycles. The van der Waals surface area contributed by atoms with Gasteiger partial charge in [0.1, 0.15) is 5.75 Å². The van der Waals surface area contributed by atoms with Crippen LogP contribution < -0.4 is 10.1 Å². The second-order valence-corrected chi connectivity index (χ2v) is 11.9. The van der Waals surface area contributed by atoms with Crippen LogP contribution in [0.5, 0.6) is 5.75 Å². The maximum Gasteiger partial charge on any atom is 0.244 e. The van der Waals surface area contributed by atoms with Gasteiger partial charge in [-0.3, -0.25) is 4.79 Å². The van der Waals surface area contributed by atoms with Crippen molar-refractivity contribution in [3.05, 3.63) is 56.7 Å². The van der Waals surface area contributed by atoms with E-state index in [0.29, 0.717) is 5.92 Å². The highest BCUT2D eigenvalue weighted by atomic mass is 79.9. The van der Waals surface area contributed by atoms with Crippen molar-refractivity contribution in [3.63, 3.8) is 0 Å². The van der Waals surface area contributed by atoms with Crippen LogP contribution in [0.15, 0.2) is 46.3 Å². The van der Waals surface area contributed by atoms with Crippen molar-refractivity contribution in [3.8, 4) is 5.75 Å². The van der Waals surface area contributed by atoms with Gasteiger partial charge in [-0.1, -0.05) is 12.1 Å². The summed E-state index contributed by atoms with van der Waals surface area (Å²) < 4.78 is 6.63. The molecule has 3 atom stereocenters. The summed E-state index contributed by atoms with van der Waals surface area (Å²) in [6, 6.07) is 10.9. The first-order valence-corrected chi connectivity index (χ1v) is 13.8. The predicted octanol–water partition coefficient (Wildman–Crippen LogP) is 5.87. The van der Waals surface area contributed by atoms with Crippen LogP contribution in [0.2, 0.25) is 0 Å². The number of halogens is 1. The predicted molar refractivity (Wildman–Crippen MR) is 139 cm³/mol. The van der Waals surface area contributed by atoms with Crippen LogP contribution in [-0.2, 0) is 10.2 Å². The van der Waals surface area contributed by atoms with E-state index in [1.54, 1.807) is 24.5 Å². The summed E-state index contributed by atoms with van der Waals surface area (Å²) in [6.07, 6.45) is 10.8. The van der Waals surface area contributed by atoms with Crippen molar-refractivity contribution >= 4 is 39.2 Å². The van der Waals surface area contributed by atoms with Crippen molar-refractivity contribution in [1.29, 1.82) is 0 Å². The molecule has 4 nitrogen and oxygen atoms in total. The minimum absolute atomic E-state index is 0.00920. The second kappa shape index (κ2) is 9.93. The number of nitrogens with zero attached hydrogens (tertiary/aromatic N) is 1. The summed E-state index contributed by atoms with van der Waals surface area (Å²) in [7, 11) is 1.74. The normalized spacial score (nSPS) is 27.9. The molecule has 1 aromatic carbocycles. The summed E-state index contributed by atoms with van der Waals surface area (Å²) in [5.74, 6) is 2.50. The van der Waals surface area contributed by atoms with E-state index in [0.717, 1.165) is 53.2 Å². The number of hydrogen-bond acceptors (Lipinski definition) is 4. The van der Waals surface area contributed by atoms with E-state index in [-0.39, 0.29) is 17.4 Å². The molecule has 3 aliphatic rings. The van der Waals surface area contributed by atoms with Crippen LogP contribution in [-0.4, -0.2) is 43.6 Å². The lowest BCUT2D eigenvalue weighted by atomic mass is 9.58. The maximum atomic E-state index is 12.7. The molecule has 33 heavy (non-hydrogen) atoms. The first-order valence-electron chi connectivity index (χ1n) is 12.1. The van der Waals surface area contributed by atoms with Crippen molar-refractivity contribution in [2.24, 2.45) is 11.8 Å². The highest BCUT2D eigenvalue weighted by Crippen LogP contribution is 2.50. The molecule has 2 saturated carbocycles. The highest BCUT2D eigenvalue weighted by Gasteiger charge is 2.48. The third-order valence-corrected chi connectivity index (χ3v) is 9.46. The number of rotatable bonds is 7. The van der Waals surface area contributed by atoms with E-state index in [4.69, 9.17) is 4.74 Å². The van der Waals surface area contributed by atoms with E-state index in [2.05, 4.69) is 44.3 Å². The largest absolute Gasteiger partial charge is 0.497 e. The summed E-state index contributed by atoms with van der Waals surface area (Å²) >= 11 is 5.10. The van der Waals surface area contributed by atoms with Gasteiger partial charge in [0.2, 0.25) is 5.91 Å². The standard InChI is InChI=1S/C27H33BrN2O2S/c1-32-24-4-2-3-20(13-24)27-11-12-30(16-19-5-6-19)17-21(27)7-8-23(15-27)29-26(31)10-9-25-14-22(28)18-33-25/h2-4,9-10,13-14,18-19,21,23H,5-8,11-12,15-17H2,1H3,(H,29,31)/t21-,23-,27+/m1/s1. The molecule has 0 radical (unpaired) electrons. The third kappa shape index (κ3) is 5.39. The Morgan fingerprint density at radius 2 is 2.18 bits per heavy atom. The highest BCUT2D eigenvalue weighted by molar-refractivity contribution is 9.10. The fourth-order valence-electron chi connectivity index (χ4n) is 5.93. The molecule has 176 valence electrons. The zero-order valence-corrected chi connectivity index (χ0v) is 21.7. The average molecular weight is 530 g/mol. The van der Waals surface area contributed by atoms with Crippen LogP contribution >= 0.6 is 27.3 Å². The van der Waals surface area contributed by atoms with Gasteiger partial charge in [0.15, 0.2) is 0 Å². The fraction of sp³-hybridized carbons (Fsp3) is 0.519. The third-order valence-electron chi connectivity index (χ3n) is 7.80. The Morgan fingerprint density at radius 1 is 1.30 bits per heavy atom. The molecule has 2 heterocycles. The van der Waals surface area contributed by atoms with Crippen molar-refractivity contribution < 1.29 is 9.53 Å². The number of hydrogen-bond donors (Lipinski definition) is 1. The Balaban J connectivity index is 1.32. The lowest BCUT2D eigenvalue weighted by Crippen LogP contribution is -2.56. The van der Waals surface area contributed by atoms with E-state index in [9.17, 15) is 4.79 Å². The van der Waals surface area contributed by atoms with Crippen LogP contribution in [0.3, 0.4) is 0 Å². The molecule has 0 unspecified atom stereocenters. The van der Waals surface area contributed by atoms with E-state index >= 15 is 0 Å². The van der Waals surface area contributed by atoms with Gasteiger partial charge in [-0.2, -0.15) is 0 Å². The molecule has 0 spiro atoms. The Morgan fingerprint density at radius 3 is 2.94 bits per heavy atom. The number of ether oxygens (including phenoxy) is 1. The van der Waals surface area contributed by atoms with Gasteiger partial charge in [0.05, 0.1) is 7.11 Å². The van der Waals surface area contributed by atoms with Gasteiger partial charge in [0.25, 0.3) is 0 Å². The van der Waals surface area contributed by atoms with Gasteiger partial charge in [0, 0.05) is 45.4 Å². The van der Waals surface area contributed by atoms with Crippen LogP contribution in [0.25, 0.3) is 6.08 Å². The maximum absolute atomic E-state index is 12.7. The smallest absolute Gasteiger partial charge is 0.244 e. The summed E-state index contributed by atoms with van der Waals surface area (Å²) in [4.78, 5) is 16.5. The van der Waals surface area contributed by atoms with Crippen LogP contribution in [0.1, 0.15) is 49.0 Å². The van der Waals surface area contributed by atoms with Gasteiger partial charge in [-0.15, -0.1) is 11.3 Å². The first-order chi connectivity index (χ1) is 16.0. The fourth-order valence-corrected chi connectivity index (χ4v) is 7.26. The SMILES string of the molecule is COc1cccc([C@@]23CCN(CC4CC4)C[C@H]2CC[C@@H](NC(=O)C=Cc2cc(Br)cs2)C3)c1. The summed E-state index contributed by atoms with van der Waals surface area (Å²) in [5.41, 5.74) is 1.49. The van der Waals surface area contributed by atoms with Gasteiger partial charge in [-0.25, -0.2) is 0 Å². The molecule has 1 amide bonds. The zero-order chi connectivity index (χ0) is 22.8. The van der Waals surface area contributed by atoms with E-state index in [1.807, 2.05) is 23.6 Å². The van der Waals surface area contributed by atoms with Crippen molar-refractivity contribution in [1.82, 2.24) is 10.2 Å². The van der Waals surface area contributed by atoms with E-state index < -0.39 is 0 Å². The van der Waals surface area contributed by atoms with Gasteiger partial charge < -0.3 is 15.0 Å². The number of methoxy groups -OCH3 is 1. The number of thiophene rings is 1. The van der Waals surface area contributed by atoms with Crippen molar-refractivity contribution in [2.45, 2.75) is 50.0 Å². The summed E-state index contributed by atoms with van der Waals surface area (Å²) in [5, 5.41) is 5.36. The van der Waals surface area contributed by atoms with Crippen LogP contribution in [0.4, 0.5) is 0 Å². The molecule has 1 saturated heterocycles. The van der Waals surface area contributed by atoms with Crippen LogP contribution in [0, 0.1) is 11.8 Å². The Bertz CT molecular complexity index is 1020. The van der Waals surface area contributed by atoms with Gasteiger partial charge in [-0.05, 0) is 103 Å². The molecular weight excluding hydrogens is 496 g/mol. The Hall–Kier alpha value is -1.63. The first kappa shape index (κ1) is 23.1. The number of nitrogens with one attached hydrogen (secondary N) is 1. The number of fused-ring (bicyclic) bond motifs is 1. The topological polar surface area (TPSA) is 41.6 Å². The molecule has 5 rings (SSSR count). The molecule has 2 aliphatic carbocycles. The monoisotopic (exact) mass is 528 g/mol. The molecular formula is C27H33BrN2O2S. The Labute approximate surface area is 209 Å². The number of piperidine rings is 1. The Kier molecular flexibility index (Phi) is 6.96. The average Bonchev–Trinajstić information content (AvgIpc) is 3.55. The molecule has 1 aliphatic heterocycles. The molecule has 1 N–H and O–H groups in total. The number of carbonyl (C=O) groups excluding carboxylic acids is 1. The molecule has 6 heteroatoms. The molecule has 3 fully saturated rings. The van der Waals surface area contributed by atoms with E-state index in [1.165, 1.54) is 31.5 Å². The number of amides is 1. The molecule has 0 bridgehead atoms. The minimum atomic E-state index is 0.00920. The number of likely N-dealkylation sites (tertiary alicyclic amines) is 1. The lowest BCUT2D eigenvalue weighted by molar-refractivity contribution is -0.117. The minimum Gasteiger partial charge on any atom is -0.497 e. The second-order valence-electron chi connectivity index (χ2n) is 10.0. The lowest BCUT2D eigenvalue weighted by Gasteiger charge is -2.53. The molecule has 2 aromatic rings. The summed E-state index contributed by atoms with van der Waals surface area (Å²) in [6.45, 7) is 3.61. The van der Waals surface area contributed by atoms with Crippen molar-refractivity contribution in [2.75, 3.05) is 26.7 Å².